The second-order valence-corrected chi connectivity index (χ2v) is 13.3. The summed E-state index contributed by atoms with van der Waals surface area (Å²) < 4.78 is 0. The zero-order valence-electron chi connectivity index (χ0n) is 29.1. The first kappa shape index (κ1) is 31.4. The van der Waals surface area contributed by atoms with E-state index in [0.29, 0.717) is 5.82 Å². The minimum absolute atomic E-state index is 0.637. The van der Waals surface area contributed by atoms with Crippen molar-refractivity contribution in [2.45, 2.75) is 0 Å². The lowest BCUT2D eigenvalue weighted by Crippen LogP contribution is -1.98. The summed E-state index contributed by atoms with van der Waals surface area (Å²) in [5.41, 5.74) is 13.1. The van der Waals surface area contributed by atoms with Crippen molar-refractivity contribution in [2.75, 3.05) is 0 Å². The molecule has 252 valence electrons. The maximum Gasteiger partial charge on any atom is 0.160 e. The number of nitrogens with zero attached hydrogens (tertiary/aromatic N) is 5. The first-order valence-electron chi connectivity index (χ1n) is 18.0. The van der Waals surface area contributed by atoms with Crippen LogP contribution in [0.1, 0.15) is 0 Å². The molecule has 0 radical (unpaired) electrons. The Morgan fingerprint density at radius 2 is 0.870 bits per heavy atom. The van der Waals surface area contributed by atoms with Crippen LogP contribution in [0.4, 0.5) is 0 Å². The van der Waals surface area contributed by atoms with Crippen LogP contribution >= 0.6 is 0 Å². The molecule has 0 aliphatic carbocycles. The van der Waals surface area contributed by atoms with Crippen LogP contribution < -0.4 is 0 Å². The standard InChI is InChI=1S/C49H31N5/c1-4-13-32(14-5-1)42-27-25-36-24-26-40-41(30-43(33-15-6-2-7-16-33)52-48(40)47(36)51-42)45-31-44(34-17-8-3-9-18-34)53-49(54-45)38-21-10-20-37(29-38)39-23-11-19-35-22-12-28-50-46(35)39/h1-31H. The van der Waals surface area contributed by atoms with Crippen LogP contribution in [0.2, 0.25) is 0 Å². The molecule has 0 unspecified atom stereocenters. The predicted octanol–water partition coefficient (Wildman–Crippen LogP) is 12.1. The zero-order valence-corrected chi connectivity index (χ0v) is 29.1. The summed E-state index contributed by atoms with van der Waals surface area (Å²) in [6.07, 6.45) is 1.85. The van der Waals surface area contributed by atoms with Crippen LogP contribution in [0.25, 0.3) is 100 Å². The maximum atomic E-state index is 5.35. The summed E-state index contributed by atoms with van der Waals surface area (Å²) in [5, 5.41) is 3.10. The van der Waals surface area contributed by atoms with E-state index in [1.54, 1.807) is 0 Å². The van der Waals surface area contributed by atoms with Gasteiger partial charge in [-0.1, -0.05) is 152 Å². The van der Waals surface area contributed by atoms with Crippen LogP contribution in [-0.2, 0) is 0 Å². The van der Waals surface area contributed by atoms with E-state index < -0.39 is 0 Å². The van der Waals surface area contributed by atoms with E-state index in [0.717, 1.165) is 94.4 Å². The van der Waals surface area contributed by atoms with Crippen molar-refractivity contribution >= 4 is 32.7 Å². The largest absolute Gasteiger partial charge is 0.256 e. The number of aromatic nitrogens is 5. The number of rotatable bonds is 6. The molecule has 0 bridgehead atoms. The molecule has 0 spiro atoms. The third-order valence-electron chi connectivity index (χ3n) is 9.91. The van der Waals surface area contributed by atoms with Gasteiger partial charge in [-0.05, 0) is 35.9 Å². The van der Waals surface area contributed by atoms with Crippen molar-refractivity contribution in [3.8, 4) is 67.5 Å². The second-order valence-electron chi connectivity index (χ2n) is 13.3. The molecular formula is C49H31N5. The van der Waals surface area contributed by atoms with Crippen molar-refractivity contribution in [1.29, 1.82) is 0 Å². The molecule has 4 aromatic heterocycles. The van der Waals surface area contributed by atoms with Gasteiger partial charge in [0.15, 0.2) is 5.82 Å². The van der Waals surface area contributed by atoms with E-state index in [-0.39, 0.29) is 0 Å². The van der Waals surface area contributed by atoms with Crippen LogP contribution in [-0.4, -0.2) is 24.9 Å². The molecule has 0 aliphatic heterocycles. The minimum Gasteiger partial charge on any atom is -0.256 e. The Morgan fingerprint density at radius 3 is 1.63 bits per heavy atom. The monoisotopic (exact) mass is 689 g/mol. The Labute approximate surface area is 312 Å². The lowest BCUT2D eigenvalue weighted by molar-refractivity contribution is 1.18. The third-order valence-corrected chi connectivity index (χ3v) is 9.91. The van der Waals surface area contributed by atoms with Crippen molar-refractivity contribution in [2.24, 2.45) is 0 Å². The smallest absolute Gasteiger partial charge is 0.160 e. The molecule has 0 saturated carbocycles. The lowest BCUT2D eigenvalue weighted by Gasteiger charge is -2.15. The van der Waals surface area contributed by atoms with Gasteiger partial charge in [0.2, 0.25) is 0 Å². The first-order chi connectivity index (χ1) is 26.7. The van der Waals surface area contributed by atoms with Gasteiger partial charge in [0.1, 0.15) is 0 Å². The number of benzene rings is 6. The molecule has 0 amide bonds. The Morgan fingerprint density at radius 1 is 0.296 bits per heavy atom. The first-order valence-corrected chi connectivity index (χ1v) is 18.0. The summed E-state index contributed by atoms with van der Waals surface area (Å²) in [6.45, 7) is 0. The molecule has 10 aromatic rings. The Kier molecular flexibility index (Phi) is 7.73. The molecule has 5 heteroatoms. The molecule has 0 aliphatic rings. The fourth-order valence-electron chi connectivity index (χ4n) is 7.24. The Balaban J connectivity index is 1.22. The number of para-hydroxylation sites is 1. The fourth-order valence-corrected chi connectivity index (χ4v) is 7.24. The van der Waals surface area contributed by atoms with Gasteiger partial charge >= 0.3 is 0 Å². The van der Waals surface area contributed by atoms with Gasteiger partial charge in [-0.15, -0.1) is 0 Å². The second kappa shape index (κ2) is 13.3. The molecule has 5 nitrogen and oxygen atoms in total. The van der Waals surface area contributed by atoms with Crippen LogP contribution in [0.3, 0.4) is 0 Å². The van der Waals surface area contributed by atoms with Gasteiger partial charge in [-0.3, -0.25) is 4.98 Å². The number of hydrogen-bond acceptors (Lipinski definition) is 5. The summed E-state index contributed by atoms with van der Waals surface area (Å²) >= 11 is 0. The minimum atomic E-state index is 0.637. The van der Waals surface area contributed by atoms with E-state index >= 15 is 0 Å². The van der Waals surface area contributed by atoms with Crippen molar-refractivity contribution in [3.63, 3.8) is 0 Å². The molecule has 54 heavy (non-hydrogen) atoms. The lowest BCUT2D eigenvalue weighted by atomic mass is 9.98. The van der Waals surface area contributed by atoms with Crippen molar-refractivity contribution in [1.82, 2.24) is 24.9 Å². The molecular weight excluding hydrogens is 659 g/mol. The zero-order chi connectivity index (χ0) is 35.8. The van der Waals surface area contributed by atoms with Gasteiger partial charge in [0.05, 0.1) is 39.3 Å². The average Bonchev–Trinajstić information content (AvgIpc) is 3.26. The van der Waals surface area contributed by atoms with E-state index in [4.69, 9.17) is 24.9 Å². The average molecular weight is 690 g/mol. The van der Waals surface area contributed by atoms with E-state index in [2.05, 4.69) is 121 Å². The summed E-state index contributed by atoms with van der Waals surface area (Å²) in [5.74, 6) is 0.637. The highest BCUT2D eigenvalue weighted by Gasteiger charge is 2.18. The molecule has 0 atom stereocenters. The number of hydrogen-bond donors (Lipinski definition) is 0. The SMILES string of the molecule is c1ccc(-c2cc(-c3cc(-c4ccccc4)nc4c3ccc3ccc(-c5ccccc5)nc34)nc(-c3cccc(-c4cccc5cccnc45)c3)n2)cc1. The quantitative estimate of drug-likeness (QED) is 0.163. The molecule has 0 fully saturated rings. The molecule has 0 N–H and O–H groups in total. The molecule has 4 heterocycles. The Bertz CT molecular complexity index is 2980. The topological polar surface area (TPSA) is 64.5 Å². The van der Waals surface area contributed by atoms with Crippen molar-refractivity contribution < 1.29 is 0 Å². The van der Waals surface area contributed by atoms with Crippen LogP contribution in [0.5, 0.6) is 0 Å². The van der Waals surface area contributed by atoms with Gasteiger partial charge in [-0.25, -0.2) is 19.9 Å². The Hall–Kier alpha value is -7.37. The highest BCUT2D eigenvalue weighted by atomic mass is 14.9. The van der Waals surface area contributed by atoms with E-state index in [9.17, 15) is 0 Å². The third kappa shape index (κ3) is 5.74. The highest BCUT2D eigenvalue weighted by Crippen LogP contribution is 2.38. The van der Waals surface area contributed by atoms with Crippen LogP contribution in [0.15, 0.2) is 188 Å². The van der Waals surface area contributed by atoms with Gasteiger partial charge < -0.3 is 0 Å². The molecule has 6 aromatic carbocycles. The molecule has 10 rings (SSSR count). The number of pyridine rings is 3. The summed E-state index contributed by atoms with van der Waals surface area (Å²) in [7, 11) is 0. The van der Waals surface area contributed by atoms with E-state index in [1.807, 2.05) is 66.9 Å². The summed E-state index contributed by atoms with van der Waals surface area (Å²) in [4.78, 5) is 25.8. The maximum absolute atomic E-state index is 5.35. The normalized spacial score (nSPS) is 11.3. The van der Waals surface area contributed by atoms with Gasteiger partial charge in [-0.2, -0.15) is 0 Å². The van der Waals surface area contributed by atoms with Gasteiger partial charge in [0.25, 0.3) is 0 Å². The highest BCUT2D eigenvalue weighted by molar-refractivity contribution is 6.09. The predicted molar refractivity (Wildman–Crippen MR) is 221 cm³/mol. The van der Waals surface area contributed by atoms with Crippen molar-refractivity contribution in [3.05, 3.63) is 188 Å². The van der Waals surface area contributed by atoms with Crippen LogP contribution in [0, 0.1) is 0 Å². The van der Waals surface area contributed by atoms with E-state index in [1.165, 1.54) is 0 Å². The number of fused-ring (bicyclic) bond motifs is 4. The molecule has 0 saturated heterocycles. The van der Waals surface area contributed by atoms with Gasteiger partial charge in [0, 0.05) is 55.7 Å². The summed E-state index contributed by atoms with van der Waals surface area (Å²) in [6, 6.07) is 62.5. The fraction of sp³-hybridized carbons (Fsp3) is 0.